The first-order chi connectivity index (χ1) is 12.1. The first kappa shape index (κ1) is 16.6. The second kappa shape index (κ2) is 6.45. The van der Waals surface area contributed by atoms with Crippen LogP contribution in [0, 0.1) is 0 Å². The van der Waals surface area contributed by atoms with Gasteiger partial charge < -0.3 is 4.90 Å². The number of nitrogens with zero attached hydrogens (tertiary/aromatic N) is 3. The lowest BCUT2D eigenvalue weighted by Gasteiger charge is -2.15. The Bertz CT molecular complexity index is 980. The number of fused-ring (bicyclic) bond motifs is 2. The lowest BCUT2D eigenvalue weighted by molar-refractivity contribution is 0.104. The molecule has 0 atom stereocenters. The molecule has 4 rings (SSSR count). The number of hydrogen-bond acceptors (Lipinski definition) is 3. The van der Waals surface area contributed by atoms with Gasteiger partial charge in [-0.3, -0.25) is 9.48 Å². The van der Waals surface area contributed by atoms with Crippen LogP contribution in [-0.4, -0.2) is 46.5 Å². The van der Waals surface area contributed by atoms with Crippen molar-refractivity contribution >= 4 is 39.9 Å². The maximum absolute atomic E-state index is 12.9. The normalized spacial score (nSPS) is 12.9. The lowest BCUT2D eigenvalue weighted by Crippen LogP contribution is -2.25. The molecule has 0 unspecified atom stereocenters. The number of halogens is 2. The zero-order chi connectivity index (χ0) is 17.6. The molecule has 0 spiro atoms. The maximum Gasteiger partial charge on any atom is 0.195 e. The van der Waals surface area contributed by atoms with Gasteiger partial charge in [0, 0.05) is 35.5 Å². The minimum atomic E-state index is -0.0301. The number of aromatic nitrogens is 2. The number of carbonyl (C=O) groups excluding carboxylic acids is 1. The molecule has 0 bridgehead atoms. The van der Waals surface area contributed by atoms with Gasteiger partial charge in [-0.1, -0.05) is 35.9 Å². The molecule has 0 aliphatic heterocycles. The molecule has 1 aliphatic carbocycles. The average molecular weight is 374 g/mol. The maximum atomic E-state index is 12.9. The van der Waals surface area contributed by atoms with Crippen LogP contribution >= 0.6 is 23.2 Å². The number of hydrogen-bond donors (Lipinski definition) is 0. The summed E-state index contributed by atoms with van der Waals surface area (Å²) in [4.78, 5) is 15.1. The van der Waals surface area contributed by atoms with Crippen LogP contribution in [-0.2, 0) is 6.54 Å². The van der Waals surface area contributed by atoms with Gasteiger partial charge in [0.1, 0.15) is 5.69 Å². The SMILES string of the molecule is CN(CCCl)CCn1nc2c3c(cccc31)C(=O)c1c(Cl)cccc1-2. The quantitative estimate of drug-likeness (QED) is 0.494. The standard InChI is InChI=1S/C19H17Cl2N3O/c1-23(9-8-20)10-11-24-15-7-3-5-13-17(15)18(22-24)12-4-2-6-14(21)16(12)19(13)25/h2-7H,8-11H2,1H3. The van der Waals surface area contributed by atoms with Crippen molar-refractivity contribution in [3.63, 3.8) is 0 Å². The minimum Gasteiger partial charge on any atom is -0.303 e. The van der Waals surface area contributed by atoms with Crippen molar-refractivity contribution < 1.29 is 4.79 Å². The highest BCUT2D eigenvalue weighted by molar-refractivity contribution is 6.38. The Kier molecular flexibility index (Phi) is 4.28. The summed E-state index contributed by atoms with van der Waals surface area (Å²) in [5.41, 5.74) is 3.85. The third-order valence-electron chi connectivity index (χ3n) is 4.68. The minimum absolute atomic E-state index is 0.0301. The topological polar surface area (TPSA) is 38.1 Å². The molecule has 0 radical (unpaired) electrons. The Labute approximate surface area is 155 Å². The van der Waals surface area contributed by atoms with E-state index in [1.165, 1.54) is 0 Å². The smallest absolute Gasteiger partial charge is 0.195 e. The van der Waals surface area contributed by atoms with Gasteiger partial charge in [-0.15, -0.1) is 11.6 Å². The van der Waals surface area contributed by atoms with Crippen molar-refractivity contribution in [3.05, 3.63) is 52.5 Å². The zero-order valence-electron chi connectivity index (χ0n) is 13.8. The molecule has 128 valence electrons. The van der Waals surface area contributed by atoms with E-state index in [1.54, 1.807) is 6.07 Å². The van der Waals surface area contributed by atoms with E-state index in [4.69, 9.17) is 28.3 Å². The van der Waals surface area contributed by atoms with Crippen LogP contribution < -0.4 is 0 Å². The van der Waals surface area contributed by atoms with Gasteiger partial charge in [0.05, 0.1) is 22.6 Å². The summed E-state index contributed by atoms with van der Waals surface area (Å²) in [5, 5.41) is 6.21. The van der Waals surface area contributed by atoms with Crippen molar-refractivity contribution in [2.45, 2.75) is 6.54 Å². The summed E-state index contributed by atoms with van der Waals surface area (Å²) in [7, 11) is 2.04. The molecule has 0 fully saturated rings. The largest absolute Gasteiger partial charge is 0.303 e. The summed E-state index contributed by atoms with van der Waals surface area (Å²) >= 11 is 12.1. The van der Waals surface area contributed by atoms with Gasteiger partial charge in [-0.25, -0.2) is 0 Å². The summed E-state index contributed by atoms with van der Waals surface area (Å²) < 4.78 is 1.97. The van der Waals surface area contributed by atoms with Gasteiger partial charge in [0.15, 0.2) is 5.78 Å². The second-order valence-corrected chi connectivity index (χ2v) is 7.04. The van der Waals surface area contributed by atoms with E-state index in [0.717, 1.165) is 41.8 Å². The monoisotopic (exact) mass is 373 g/mol. The molecule has 0 saturated carbocycles. The number of ketones is 1. The number of alkyl halides is 1. The van der Waals surface area contributed by atoms with E-state index in [2.05, 4.69) is 4.90 Å². The summed E-state index contributed by atoms with van der Waals surface area (Å²) in [5.74, 6) is 0.573. The van der Waals surface area contributed by atoms with Crippen molar-refractivity contribution in [1.29, 1.82) is 0 Å². The van der Waals surface area contributed by atoms with Gasteiger partial charge in [0.25, 0.3) is 0 Å². The van der Waals surface area contributed by atoms with Gasteiger partial charge in [-0.05, 0) is 19.2 Å². The van der Waals surface area contributed by atoms with Gasteiger partial charge in [-0.2, -0.15) is 5.10 Å². The Morgan fingerprint density at radius 1 is 1.12 bits per heavy atom. The van der Waals surface area contributed by atoms with Crippen molar-refractivity contribution in [1.82, 2.24) is 14.7 Å². The number of carbonyl (C=O) groups is 1. The molecule has 0 saturated heterocycles. The fraction of sp³-hybridized carbons (Fsp3) is 0.263. The summed E-state index contributed by atoms with van der Waals surface area (Å²) in [6.07, 6.45) is 0. The van der Waals surface area contributed by atoms with Crippen molar-refractivity contribution in [3.8, 4) is 11.3 Å². The fourth-order valence-corrected chi connectivity index (χ4v) is 3.93. The third kappa shape index (κ3) is 2.65. The molecule has 3 aromatic rings. The molecule has 1 aromatic heterocycles. The fourth-order valence-electron chi connectivity index (χ4n) is 3.39. The van der Waals surface area contributed by atoms with Gasteiger partial charge in [0.2, 0.25) is 0 Å². The van der Waals surface area contributed by atoms with Gasteiger partial charge >= 0.3 is 0 Å². The first-order valence-electron chi connectivity index (χ1n) is 8.19. The molecule has 2 aromatic carbocycles. The van der Waals surface area contributed by atoms with Crippen LogP contribution in [0.4, 0.5) is 0 Å². The Morgan fingerprint density at radius 2 is 1.88 bits per heavy atom. The first-order valence-corrected chi connectivity index (χ1v) is 9.10. The molecule has 1 aliphatic rings. The number of likely N-dealkylation sites (N-methyl/N-ethyl adjacent to an activating group) is 1. The van der Waals surface area contributed by atoms with E-state index in [0.29, 0.717) is 22.0 Å². The molecular formula is C19H17Cl2N3O. The highest BCUT2D eigenvalue weighted by Crippen LogP contribution is 2.41. The third-order valence-corrected chi connectivity index (χ3v) is 5.16. The van der Waals surface area contributed by atoms with Crippen molar-refractivity contribution in [2.24, 2.45) is 0 Å². The Balaban J connectivity index is 1.86. The van der Waals surface area contributed by atoms with Crippen LogP contribution in [0.5, 0.6) is 0 Å². The molecule has 0 N–H and O–H groups in total. The van der Waals surface area contributed by atoms with E-state index in [1.807, 2.05) is 42.1 Å². The van der Waals surface area contributed by atoms with E-state index >= 15 is 0 Å². The second-order valence-electron chi connectivity index (χ2n) is 6.26. The predicted molar refractivity (Wildman–Crippen MR) is 102 cm³/mol. The Hall–Kier alpha value is -1.88. The van der Waals surface area contributed by atoms with Crippen LogP contribution in [0.2, 0.25) is 5.02 Å². The van der Waals surface area contributed by atoms with Crippen molar-refractivity contribution in [2.75, 3.05) is 26.0 Å². The molecular weight excluding hydrogens is 357 g/mol. The lowest BCUT2D eigenvalue weighted by atomic mass is 9.87. The van der Waals surface area contributed by atoms with Crippen LogP contribution in [0.15, 0.2) is 36.4 Å². The van der Waals surface area contributed by atoms with E-state index in [9.17, 15) is 4.79 Å². The average Bonchev–Trinajstić information content (AvgIpc) is 2.98. The highest BCUT2D eigenvalue weighted by atomic mass is 35.5. The molecule has 1 heterocycles. The predicted octanol–water partition coefficient (Wildman–Crippen LogP) is 4.07. The summed E-state index contributed by atoms with van der Waals surface area (Å²) in [6.45, 7) is 2.40. The van der Waals surface area contributed by atoms with Crippen LogP contribution in [0.1, 0.15) is 15.9 Å². The number of benzene rings is 2. The Morgan fingerprint density at radius 3 is 2.68 bits per heavy atom. The van der Waals surface area contributed by atoms with Crippen LogP contribution in [0.25, 0.3) is 22.2 Å². The highest BCUT2D eigenvalue weighted by Gasteiger charge is 2.30. The van der Waals surface area contributed by atoms with E-state index < -0.39 is 0 Å². The number of rotatable bonds is 5. The molecule has 6 heteroatoms. The van der Waals surface area contributed by atoms with E-state index in [-0.39, 0.29) is 5.78 Å². The molecule has 25 heavy (non-hydrogen) atoms. The molecule has 4 nitrogen and oxygen atoms in total. The summed E-state index contributed by atoms with van der Waals surface area (Å²) in [6, 6.07) is 11.3. The van der Waals surface area contributed by atoms with Crippen LogP contribution in [0.3, 0.4) is 0 Å². The zero-order valence-corrected chi connectivity index (χ0v) is 15.3. The molecule has 0 amide bonds.